The minimum absolute atomic E-state index is 0.384. The van der Waals surface area contributed by atoms with Crippen LogP contribution in [-0.2, 0) is 0 Å². The summed E-state index contributed by atoms with van der Waals surface area (Å²) in [7, 11) is 0. The fourth-order valence-electron chi connectivity index (χ4n) is 2.44. The van der Waals surface area contributed by atoms with Gasteiger partial charge in [0.25, 0.3) is 0 Å². The molecule has 4 heteroatoms. The molecule has 0 unspecified atom stereocenters. The van der Waals surface area contributed by atoms with Crippen molar-refractivity contribution in [3.8, 4) is 17.6 Å². The maximum atomic E-state index is 5.83. The number of nitrogens with zero attached hydrogens (tertiary/aromatic N) is 2. The Morgan fingerprint density at radius 3 is 2.67 bits per heavy atom. The summed E-state index contributed by atoms with van der Waals surface area (Å²) >= 11 is 0. The van der Waals surface area contributed by atoms with E-state index in [0.717, 1.165) is 44.1 Å². The van der Waals surface area contributed by atoms with Crippen LogP contribution in [0.25, 0.3) is 0 Å². The van der Waals surface area contributed by atoms with Gasteiger partial charge in [-0.25, -0.2) is 0 Å². The molecule has 1 heterocycles. The van der Waals surface area contributed by atoms with Crippen molar-refractivity contribution in [1.29, 1.82) is 0 Å². The normalized spacial score (nSPS) is 16.3. The summed E-state index contributed by atoms with van der Waals surface area (Å²) in [6.07, 6.45) is 0. The Balaban J connectivity index is 1.73. The lowest BCUT2D eigenvalue weighted by atomic mass is 10.2. The largest absolute Gasteiger partial charge is 0.492 e. The van der Waals surface area contributed by atoms with Crippen LogP contribution in [-0.4, -0.2) is 62.2 Å². The zero-order valence-corrected chi connectivity index (χ0v) is 12.8. The van der Waals surface area contributed by atoms with Crippen LogP contribution < -0.4 is 10.5 Å². The van der Waals surface area contributed by atoms with Crippen LogP contribution in [0.2, 0.25) is 0 Å². The molecule has 2 rings (SSSR count). The molecule has 1 fully saturated rings. The molecule has 0 amide bonds. The van der Waals surface area contributed by atoms with Crippen LogP contribution in [0.5, 0.6) is 5.75 Å². The fourth-order valence-corrected chi connectivity index (χ4v) is 2.44. The van der Waals surface area contributed by atoms with Crippen LogP contribution in [0.1, 0.15) is 12.5 Å². The lowest BCUT2D eigenvalue weighted by molar-refractivity contribution is 0.121. The van der Waals surface area contributed by atoms with E-state index in [4.69, 9.17) is 10.5 Å². The third-order valence-electron chi connectivity index (χ3n) is 3.76. The highest BCUT2D eigenvalue weighted by Gasteiger charge is 2.14. The maximum absolute atomic E-state index is 5.83. The second-order valence-electron chi connectivity index (χ2n) is 5.16. The van der Waals surface area contributed by atoms with E-state index in [1.54, 1.807) is 0 Å². The van der Waals surface area contributed by atoms with Crippen molar-refractivity contribution < 1.29 is 4.74 Å². The van der Waals surface area contributed by atoms with Crippen LogP contribution >= 0.6 is 0 Å². The number of ether oxygens (including phenoxy) is 1. The monoisotopic (exact) mass is 287 g/mol. The molecule has 1 aliphatic rings. The van der Waals surface area contributed by atoms with Crippen LogP contribution in [0, 0.1) is 11.8 Å². The van der Waals surface area contributed by atoms with E-state index in [0.29, 0.717) is 6.54 Å². The first-order valence-electron chi connectivity index (χ1n) is 7.68. The van der Waals surface area contributed by atoms with Gasteiger partial charge in [-0.15, -0.1) is 0 Å². The Morgan fingerprint density at radius 2 is 1.95 bits per heavy atom. The molecule has 1 aromatic carbocycles. The van der Waals surface area contributed by atoms with Gasteiger partial charge in [0.2, 0.25) is 0 Å². The quantitative estimate of drug-likeness (QED) is 0.821. The Morgan fingerprint density at radius 1 is 1.19 bits per heavy atom. The van der Waals surface area contributed by atoms with E-state index in [9.17, 15) is 0 Å². The van der Waals surface area contributed by atoms with Crippen molar-refractivity contribution in [3.63, 3.8) is 0 Å². The molecule has 1 aliphatic heterocycles. The Labute approximate surface area is 127 Å². The highest BCUT2D eigenvalue weighted by Crippen LogP contribution is 2.12. The minimum Gasteiger partial charge on any atom is -0.492 e. The van der Waals surface area contributed by atoms with Gasteiger partial charge in [-0.3, -0.25) is 4.90 Å². The highest BCUT2D eigenvalue weighted by molar-refractivity contribution is 5.39. The Kier molecular flexibility index (Phi) is 6.55. The van der Waals surface area contributed by atoms with Gasteiger partial charge in [0.05, 0.1) is 6.54 Å². The molecule has 21 heavy (non-hydrogen) atoms. The first-order valence-corrected chi connectivity index (χ1v) is 7.68. The predicted molar refractivity (Wildman–Crippen MR) is 86.4 cm³/mol. The smallest absolute Gasteiger partial charge is 0.120 e. The molecule has 114 valence electrons. The molecule has 0 atom stereocenters. The molecule has 0 aromatic heterocycles. The number of hydrogen-bond acceptors (Lipinski definition) is 4. The van der Waals surface area contributed by atoms with Crippen LogP contribution in [0.3, 0.4) is 0 Å². The van der Waals surface area contributed by atoms with Gasteiger partial charge in [0.1, 0.15) is 12.4 Å². The first-order chi connectivity index (χ1) is 10.3. The standard InChI is InChI=1S/C17H25N3O/c1-2-19-9-11-20(12-10-19)13-14-21-17-7-3-5-16(15-17)6-4-8-18/h3,5,7,15H,2,8-14,18H2,1H3. The number of benzene rings is 1. The summed E-state index contributed by atoms with van der Waals surface area (Å²) in [6.45, 7) is 10.1. The van der Waals surface area contributed by atoms with Gasteiger partial charge in [-0.2, -0.15) is 0 Å². The average molecular weight is 287 g/mol. The van der Waals surface area contributed by atoms with Crippen molar-refractivity contribution in [3.05, 3.63) is 29.8 Å². The molecule has 1 aromatic rings. The summed E-state index contributed by atoms with van der Waals surface area (Å²) in [6, 6.07) is 7.88. The van der Waals surface area contributed by atoms with E-state index in [-0.39, 0.29) is 0 Å². The summed E-state index contributed by atoms with van der Waals surface area (Å²) in [5, 5.41) is 0. The van der Waals surface area contributed by atoms with E-state index in [1.807, 2.05) is 24.3 Å². The second kappa shape index (κ2) is 8.68. The van der Waals surface area contributed by atoms with Crippen molar-refractivity contribution >= 4 is 0 Å². The van der Waals surface area contributed by atoms with Crippen molar-refractivity contribution in [2.24, 2.45) is 5.73 Å². The Bertz CT molecular complexity index is 484. The number of piperazine rings is 1. The molecular formula is C17H25N3O. The summed E-state index contributed by atoms with van der Waals surface area (Å²) in [5.41, 5.74) is 6.34. The molecule has 0 bridgehead atoms. The van der Waals surface area contributed by atoms with Gasteiger partial charge in [-0.05, 0) is 24.7 Å². The molecule has 0 aliphatic carbocycles. The Hall–Kier alpha value is -1.54. The zero-order valence-electron chi connectivity index (χ0n) is 12.8. The first kappa shape index (κ1) is 15.8. The van der Waals surface area contributed by atoms with Crippen LogP contribution in [0.15, 0.2) is 24.3 Å². The topological polar surface area (TPSA) is 41.7 Å². The maximum Gasteiger partial charge on any atom is 0.120 e. The van der Waals surface area contributed by atoms with Gasteiger partial charge < -0.3 is 15.4 Å². The zero-order chi connectivity index (χ0) is 14.9. The SMILES string of the molecule is CCN1CCN(CCOc2cccc(C#CCN)c2)CC1. The predicted octanol–water partition coefficient (Wildman–Crippen LogP) is 1.01. The lowest BCUT2D eigenvalue weighted by Crippen LogP contribution is -2.47. The molecular weight excluding hydrogens is 262 g/mol. The lowest BCUT2D eigenvalue weighted by Gasteiger charge is -2.33. The summed E-state index contributed by atoms with van der Waals surface area (Å²) in [5.74, 6) is 6.76. The molecule has 0 saturated carbocycles. The van der Waals surface area contributed by atoms with E-state index < -0.39 is 0 Å². The third kappa shape index (κ3) is 5.39. The fraction of sp³-hybridized carbons (Fsp3) is 0.529. The van der Waals surface area contributed by atoms with Gasteiger partial charge >= 0.3 is 0 Å². The van der Waals surface area contributed by atoms with Crippen molar-refractivity contribution in [1.82, 2.24) is 9.80 Å². The number of rotatable bonds is 5. The van der Waals surface area contributed by atoms with E-state index in [1.165, 1.54) is 13.1 Å². The molecule has 0 radical (unpaired) electrons. The van der Waals surface area contributed by atoms with Crippen LogP contribution in [0.4, 0.5) is 0 Å². The summed E-state index contributed by atoms with van der Waals surface area (Å²) < 4.78 is 5.83. The number of likely N-dealkylation sites (N-methyl/N-ethyl adjacent to an activating group) is 1. The highest BCUT2D eigenvalue weighted by atomic mass is 16.5. The van der Waals surface area contributed by atoms with Crippen molar-refractivity contribution in [2.45, 2.75) is 6.92 Å². The van der Waals surface area contributed by atoms with E-state index >= 15 is 0 Å². The second-order valence-corrected chi connectivity index (χ2v) is 5.16. The van der Waals surface area contributed by atoms with Gasteiger partial charge in [-0.1, -0.05) is 24.8 Å². The van der Waals surface area contributed by atoms with Gasteiger partial charge in [0, 0.05) is 38.3 Å². The number of nitrogens with two attached hydrogens (primary N) is 1. The minimum atomic E-state index is 0.384. The van der Waals surface area contributed by atoms with Gasteiger partial charge in [0.15, 0.2) is 0 Å². The van der Waals surface area contributed by atoms with Crippen molar-refractivity contribution in [2.75, 3.05) is 52.4 Å². The molecule has 1 saturated heterocycles. The molecule has 2 N–H and O–H groups in total. The van der Waals surface area contributed by atoms with E-state index in [2.05, 4.69) is 28.6 Å². The summed E-state index contributed by atoms with van der Waals surface area (Å²) in [4.78, 5) is 4.95. The third-order valence-corrected chi connectivity index (χ3v) is 3.76. The molecule has 0 spiro atoms. The number of hydrogen-bond donors (Lipinski definition) is 1. The average Bonchev–Trinajstić information content (AvgIpc) is 2.54. The molecule has 4 nitrogen and oxygen atoms in total.